The summed E-state index contributed by atoms with van der Waals surface area (Å²) in [5.41, 5.74) is 1.33. The number of fused-ring (bicyclic) bond motifs is 1. The van der Waals surface area contributed by atoms with Crippen LogP contribution in [-0.4, -0.2) is 24.3 Å². The van der Waals surface area contributed by atoms with Crippen molar-refractivity contribution in [1.29, 1.82) is 0 Å². The number of benzene rings is 1. The minimum absolute atomic E-state index is 0.0432. The molecule has 0 aromatic heterocycles. The zero-order valence-electron chi connectivity index (χ0n) is 7.53. The van der Waals surface area contributed by atoms with Crippen LogP contribution in [0.3, 0.4) is 0 Å². The van der Waals surface area contributed by atoms with Gasteiger partial charge in [-0.05, 0) is 12.1 Å². The maximum absolute atomic E-state index is 11.2. The molecule has 0 amide bonds. The second kappa shape index (κ2) is 3.67. The van der Waals surface area contributed by atoms with E-state index in [1.165, 1.54) is 0 Å². The first-order valence-corrected chi connectivity index (χ1v) is 4.35. The van der Waals surface area contributed by atoms with Crippen molar-refractivity contribution in [2.75, 3.05) is 13.2 Å². The van der Waals surface area contributed by atoms with Gasteiger partial charge in [-0.15, -0.1) is 0 Å². The molecule has 0 aliphatic carbocycles. The number of aliphatic hydroxyl groups is 1. The molecular weight excluding hydrogens is 184 g/mol. The molecular formula is C10H10O4. The summed E-state index contributed by atoms with van der Waals surface area (Å²) in [6.45, 7) is 0.443. The van der Waals surface area contributed by atoms with Crippen molar-refractivity contribution in [3.8, 4) is 5.75 Å². The quantitative estimate of drug-likeness (QED) is 0.720. The van der Waals surface area contributed by atoms with E-state index in [0.29, 0.717) is 11.3 Å². The fourth-order valence-electron chi connectivity index (χ4n) is 1.41. The van der Waals surface area contributed by atoms with E-state index in [1.807, 2.05) is 0 Å². The number of cyclic esters (lactones) is 1. The molecule has 1 aromatic rings. The van der Waals surface area contributed by atoms with E-state index in [0.717, 1.165) is 5.56 Å². The topological polar surface area (TPSA) is 55.8 Å². The summed E-state index contributed by atoms with van der Waals surface area (Å²) in [5, 5.41) is 8.60. The Bertz CT molecular complexity index is 359. The minimum atomic E-state index is -0.311. The van der Waals surface area contributed by atoms with Crippen LogP contribution in [-0.2, 0) is 11.3 Å². The Labute approximate surface area is 81.1 Å². The highest BCUT2D eigenvalue weighted by Gasteiger charge is 2.23. The fourth-order valence-corrected chi connectivity index (χ4v) is 1.41. The predicted molar refractivity (Wildman–Crippen MR) is 48.1 cm³/mol. The Morgan fingerprint density at radius 2 is 2.36 bits per heavy atom. The van der Waals surface area contributed by atoms with Crippen LogP contribution < -0.4 is 4.74 Å². The van der Waals surface area contributed by atoms with Crippen LogP contribution in [0, 0.1) is 0 Å². The lowest BCUT2D eigenvalue weighted by Crippen LogP contribution is -2.03. The third-order valence-corrected chi connectivity index (χ3v) is 2.05. The van der Waals surface area contributed by atoms with Gasteiger partial charge in [-0.25, -0.2) is 4.79 Å². The normalized spacial score (nSPS) is 13.6. The van der Waals surface area contributed by atoms with Crippen LogP contribution >= 0.6 is 0 Å². The van der Waals surface area contributed by atoms with Crippen LogP contribution in [0.4, 0.5) is 0 Å². The van der Waals surface area contributed by atoms with Gasteiger partial charge in [-0.2, -0.15) is 0 Å². The van der Waals surface area contributed by atoms with E-state index in [-0.39, 0.29) is 25.8 Å². The summed E-state index contributed by atoms with van der Waals surface area (Å²) in [5.74, 6) is 0.303. The van der Waals surface area contributed by atoms with Gasteiger partial charge >= 0.3 is 5.97 Å². The molecule has 0 unspecified atom stereocenters. The van der Waals surface area contributed by atoms with Gasteiger partial charge in [0.25, 0.3) is 0 Å². The second-order valence-corrected chi connectivity index (χ2v) is 2.93. The van der Waals surface area contributed by atoms with Gasteiger partial charge in [0.2, 0.25) is 0 Å². The minimum Gasteiger partial charge on any atom is -0.491 e. The number of hydrogen-bond donors (Lipinski definition) is 1. The molecule has 0 radical (unpaired) electrons. The summed E-state index contributed by atoms with van der Waals surface area (Å²) in [6.07, 6.45) is 0. The van der Waals surface area contributed by atoms with E-state index < -0.39 is 0 Å². The number of carbonyl (C=O) groups is 1. The third-order valence-electron chi connectivity index (χ3n) is 2.05. The number of ether oxygens (including phenoxy) is 2. The van der Waals surface area contributed by atoms with Crippen molar-refractivity contribution >= 4 is 5.97 Å². The Morgan fingerprint density at radius 3 is 3.14 bits per heavy atom. The lowest BCUT2D eigenvalue weighted by Gasteiger charge is -2.06. The molecule has 1 aromatic carbocycles. The predicted octanol–water partition coefficient (Wildman–Crippen LogP) is 0.728. The van der Waals surface area contributed by atoms with Crippen LogP contribution in [0.1, 0.15) is 15.9 Å². The van der Waals surface area contributed by atoms with Gasteiger partial charge in [0, 0.05) is 5.56 Å². The van der Waals surface area contributed by atoms with Crippen LogP contribution in [0.15, 0.2) is 18.2 Å². The van der Waals surface area contributed by atoms with Crippen LogP contribution in [0.25, 0.3) is 0 Å². The molecule has 74 valence electrons. The van der Waals surface area contributed by atoms with Crippen molar-refractivity contribution in [3.05, 3.63) is 29.3 Å². The van der Waals surface area contributed by atoms with Gasteiger partial charge in [-0.1, -0.05) is 6.07 Å². The first-order chi connectivity index (χ1) is 6.83. The Hall–Kier alpha value is -1.55. The average Bonchev–Trinajstić information content (AvgIpc) is 2.58. The Morgan fingerprint density at radius 1 is 1.50 bits per heavy atom. The van der Waals surface area contributed by atoms with E-state index in [9.17, 15) is 4.79 Å². The molecule has 4 nitrogen and oxygen atoms in total. The number of esters is 1. The molecule has 1 aliphatic rings. The van der Waals surface area contributed by atoms with Crippen molar-refractivity contribution in [2.24, 2.45) is 0 Å². The Balaban J connectivity index is 2.29. The monoisotopic (exact) mass is 194 g/mol. The SMILES string of the molecule is O=C1OCc2c(OCCO)cccc21. The summed E-state index contributed by atoms with van der Waals surface area (Å²) in [6, 6.07) is 5.20. The number of carbonyl (C=O) groups excluding carboxylic acids is 1. The van der Waals surface area contributed by atoms with Gasteiger partial charge in [0.1, 0.15) is 19.0 Å². The number of aliphatic hydroxyl groups excluding tert-OH is 1. The lowest BCUT2D eigenvalue weighted by molar-refractivity contribution is 0.0533. The molecule has 0 fully saturated rings. The standard InChI is InChI=1S/C10H10O4/c11-4-5-13-9-3-1-2-7-8(9)6-14-10(7)12/h1-3,11H,4-6H2. The first-order valence-electron chi connectivity index (χ1n) is 4.35. The Kier molecular flexibility index (Phi) is 2.37. The van der Waals surface area contributed by atoms with Crippen molar-refractivity contribution < 1.29 is 19.4 Å². The zero-order valence-corrected chi connectivity index (χ0v) is 7.53. The van der Waals surface area contributed by atoms with E-state index >= 15 is 0 Å². The number of hydrogen-bond acceptors (Lipinski definition) is 4. The molecule has 0 bridgehead atoms. The third kappa shape index (κ3) is 1.44. The largest absolute Gasteiger partial charge is 0.491 e. The molecule has 1 heterocycles. The van der Waals surface area contributed by atoms with Gasteiger partial charge < -0.3 is 14.6 Å². The highest BCUT2D eigenvalue weighted by atomic mass is 16.5. The van der Waals surface area contributed by atoms with E-state index in [2.05, 4.69) is 0 Å². The highest BCUT2D eigenvalue weighted by Crippen LogP contribution is 2.28. The van der Waals surface area contributed by atoms with E-state index in [1.54, 1.807) is 18.2 Å². The summed E-state index contributed by atoms with van der Waals surface area (Å²) in [7, 11) is 0. The molecule has 2 rings (SSSR count). The van der Waals surface area contributed by atoms with Gasteiger partial charge in [0.15, 0.2) is 0 Å². The molecule has 14 heavy (non-hydrogen) atoms. The molecule has 1 N–H and O–H groups in total. The summed E-state index contributed by atoms with van der Waals surface area (Å²) < 4.78 is 10.1. The van der Waals surface area contributed by atoms with Crippen LogP contribution in [0.2, 0.25) is 0 Å². The maximum Gasteiger partial charge on any atom is 0.339 e. The zero-order chi connectivity index (χ0) is 9.97. The lowest BCUT2D eigenvalue weighted by atomic mass is 10.1. The molecule has 0 saturated heterocycles. The average molecular weight is 194 g/mol. The van der Waals surface area contributed by atoms with E-state index in [4.69, 9.17) is 14.6 Å². The molecule has 4 heteroatoms. The number of rotatable bonds is 3. The van der Waals surface area contributed by atoms with Crippen molar-refractivity contribution in [2.45, 2.75) is 6.61 Å². The van der Waals surface area contributed by atoms with Gasteiger partial charge in [-0.3, -0.25) is 0 Å². The summed E-state index contributed by atoms with van der Waals surface area (Å²) in [4.78, 5) is 11.2. The maximum atomic E-state index is 11.2. The van der Waals surface area contributed by atoms with Crippen molar-refractivity contribution in [1.82, 2.24) is 0 Å². The molecule has 1 aliphatic heterocycles. The highest BCUT2D eigenvalue weighted by molar-refractivity contribution is 5.94. The van der Waals surface area contributed by atoms with Gasteiger partial charge in [0.05, 0.1) is 12.2 Å². The second-order valence-electron chi connectivity index (χ2n) is 2.93. The van der Waals surface area contributed by atoms with Crippen LogP contribution in [0.5, 0.6) is 5.75 Å². The first kappa shape index (κ1) is 9.02. The smallest absolute Gasteiger partial charge is 0.339 e. The molecule has 0 saturated carbocycles. The fraction of sp³-hybridized carbons (Fsp3) is 0.300. The van der Waals surface area contributed by atoms with Crippen molar-refractivity contribution in [3.63, 3.8) is 0 Å². The summed E-state index contributed by atoms with van der Waals surface area (Å²) >= 11 is 0. The molecule has 0 spiro atoms. The molecule has 0 atom stereocenters.